The van der Waals surface area contributed by atoms with Crippen LogP contribution in [-0.4, -0.2) is 59.9 Å². The van der Waals surface area contributed by atoms with Gasteiger partial charge in [0.1, 0.15) is 10.1 Å². The van der Waals surface area contributed by atoms with E-state index in [1.165, 1.54) is 11.8 Å². The van der Waals surface area contributed by atoms with Gasteiger partial charge in [-0.25, -0.2) is 0 Å². The van der Waals surface area contributed by atoms with Crippen LogP contribution in [-0.2, 0) is 11.3 Å². The number of amides is 1. The summed E-state index contributed by atoms with van der Waals surface area (Å²) in [5, 5.41) is 3.36. The van der Waals surface area contributed by atoms with E-state index in [9.17, 15) is 4.79 Å². The van der Waals surface area contributed by atoms with Gasteiger partial charge in [-0.1, -0.05) is 36.1 Å². The lowest BCUT2D eigenvalue weighted by molar-refractivity contribution is -0.122. The number of carbonyl (C=O) groups excluding carboxylic acids is 1. The number of thiocarbonyl (C=S) groups is 1. The summed E-state index contributed by atoms with van der Waals surface area (Å²) in [6.45, 7) is 3.32. The van der Waals surface area contributed by atoms with Gasteiger partial charge in [-0.15, -0.1) is 0 Å². The van der Waals surface area contributed by atoms with Gasteiger partial charge in [0.2, 0.25) is 0 Å². The summed E-state index contributed by atoms with van der Waals surface area (Å²) in [6.07, 6.45) is 2.04. The highest BCUT2D eigenvalue weighted by atomic mass is 32.2. The Kier molecular flexibility index (Phi) is 5.55. The molecule has 0 radical (unpaired) electrons. The lowest BCUT2D eigenvalue weighted by Crippen LogP contribution is -2.48. The summed E-state index contributed by atoms with van der Waals surface area (Å²) in [6, 6.07) is 7.94. The molecule has 3 rings (SSSR count). The predicted molar refractivity (Wildman–Crippen MR) is 101 cm³/mol. The van der Waals surface area contributed by atoms with Crippen LogP contribution in [0.3, 0.4) is 0 Å². The van der Waals surface area contributed by atoms with E-state index in [0.29, 0.717) is 10.9 Å². The fourth-order valence-corrected chi connectivity index (χ4v) is 4.04. The number of likely N-dealkylation sites (N-methyl/N-ethyl adjacent to an activating group) is 1. The molecule has 1 aromatic carbocycles. The zero-order valence-corrected chi connectivity index (χ0v) is 15.5. The molecule has 2 aliphatic rings. The molecule has 1 aromatic rings. The highest BCUT2D eigenvalue weighted by Gasteiger charge is 2.33. The van der Waals surface area contributed by atoms with Crippen molar-refractivity contribution in [2.45, 2.75) is 12.6 Å². The summed E-state index contributed by atoms with van der Waals surface area (Å²) in [7, 11) is 3.72. The van der Waals surface area contributed by atoms with Gasteiger partial charge in [-0.05, 0) is 30.8 Å². The molecule has 0 aromatic heterocycles. The Labute approximate surface area is 152 Å². The molecule has 2 saturated heterocycles. The van der Waals surface area contributed by atoms with E-state index in [1.807, 2.05) is 30.3 Å². The largest absolute Gasteiger partial charge is 0.497 e. The van der Waals surface area contributed by atoms with Gasteiger partial charge < -0.3 is 10.1 Å². The molecule has 1 N–H and O–H groups in total. The summed E-state index contributed by atoms with van der Waals surface area (Å²) in [4.78, 5) is 17.4. The van der Waals surface area contributed by atoms with Crippen molar-refractivity contribution in [1.29, 1.82) is 0 Å². The van der Waals surface area contributed by atoms with Crippen molar-refractivity contribution in [2.75, 3.05) is 33.8 Å². The molecular weight excluding hydrogens is 342 g/mol. The van der Waals surface area contributed by atoms with Crippen molar-refractivity contribution in [3.63, 3.8) is 0 Å². The number of thioether (sulfide) groups is 1. The molecule has 7 heteroatoms. The standard InChI is InChI=1S/C17H21N3O2S2/c1-19-8-7-18-10-13(19)9-15-16(21)20(17(23)24-15)11-12-3-5-14(22-2)6-4-12/h3-6,9,13,18H,7-8,10-11H2,1-2H3. The van der Waals surface area contributed by atoms with E-state index in [2.05, 4.69) is 17.3 Å². The highest BCUT2D eigenvalue weighted by molar-refractivity contribution is 8.26. The third-order valence-corrected chi connectivity index (χ3v) is 5.67. The maximum Gasteiger partial charge on any atom is 0.266 e. The second-order valence-corrected chi connectivity index (χ2v) is 7.57. The number of nitrogens with one attached hydrogen (secondary N) is 1. The molecular formula is C17H21N3O2S2. The Bertz CT molecular complexity index is 660. The monoisotopic (exact) mass is 363 g/mol. The number of carbonyl (C=O) groups is 1. The van der Waals surface area contributed by atoms with Crippen LogP contribution in [0.4, 0.5) is 0 Å². The zero-order chi connectivity index (χ0) is 17.1. The van der Waals surface area contributed by atoms with E-state index in [4.69, 9.17) is 17.0 Å². The van der Waals surface area contributed by atoms with Gasteiger partial charge in [0.25, 0.3) is 5.91 Å². The number of hydrogen-bond acceptors (Lipinski definition) is 6. The molecule has 128 valence electrons. The second-order valence-electron chi connectivity index (χ2n) is 5.89. The van der Waals surface area contributed by atoms with Gasteiger partial charge in [0, 0.05) is 25.7 Å². The van der Waals surface area contributed by atoms with Crippen molar-refractivity contribution in [3.05, 3.63) is 40.8 Å². The first-order valence-corrected chi connectivity index (χ1v) is 9.10. The minimum atomic E-state index is -0.000193. The first-order chi connectivity index (χ1) is 11.6. The minimum Gasteiger partial charge on any atom is -0.497 e. The SMILES string of the molecule is COc1ccc(CN2C(=O)C(=CC3CNCCN3C)SC2=S)cc1. The summed E-state index contributed by atoms with van der Waals surface area (Å²) < 4.78 is 5.78. The first kappa shape index (κ1) is 17.4. The summed E-state index contributed by atoms with van der Waals surface area (Å²) >= 11 is 6.81. The molecule has 1 amide bonds. The molecule has 2 heterocycles. The Hall–Kier alpha value is -1.41. The van der Waals surface area contributed by atoms with Crippen LogP contribution in [0.5, 0.6) is 5.75 Å². The van der Waals surface area contributed by atoms with Gasteiger partial charge >= 0.3 is 0 Å². The number of benzene rings is 1. The van der Waals surface area contributed by atoms with Crippen LogP contribution in [0, 0.1) is 0 Å². The molecule has 5 nitrogen and oxygen atoms in total. The van der Waals surface area contributed by atoms with E-state index < -0.39 is 0 Å². The highest BCUT2D eigenvalue weighted by Crippen LogP contribution is 2.33. The minimum absolute atomic E-state index is 0.000193. The van der Waals surface area contributed by atoms with Gasteiger partial charge in [-0.3, -0.25) is 14.6 Å². The smallest absolute Gasteiger partial charge is 0.266 e. The number of rotatable bonds is 4. The Morgan fingerprint density at radius 3 is 2.83 bits per heavy atom. The zero-order valence-electron chi connectivity index (χ0n) is 13.8. The fraction of sp³-hybridized carbons (Fsp3) is 0.412. The summed E-state index contributed by atoms with van der Waals surface area (Å²) in [5.41, 5.74) is 1.03. The van der Waals surface area contributed by atoms with E-state index in [-0.39, 0.29) is 11.9 Å². The predicted octanol–water partition coefficient (Wildman–Crippen LogP) is 1.84. The molecule has 2 fully saturated rings. The van der Waals surface area contributed by atoms with Gasteiger partial charge in [-0.2, -0.15) is 0 Å². The number of hydrogen-bond donors (Lipinski definition) is 1. The molecule has 1 atom stereocenters. The maximum atomic E-state index is 12.7. The number of ether oxygens (including phenoxy) is 1. The van der Waals surface area contributed by atoms with Crippen molar-refractivity contribution in [1.82, 2.24) is 15.1 Å². The van der Waals surface area contributed by atoms with Gasteiger partial charge in [0.15, 0.2) is 0 Å². The molecule has 2 aliphatic heterocycles. The third-order valence-electron chi connectivity index (χ3n) is 4.28. The van der Waals surface area contributed by atoms with E-state index in [0.717, 1.165) is 35.9 Å². The lowest BCUT2D eigenvalue weighted by atomic mass is 10.2. The average molecular weight is 364 g/mol. The van der Waals surface area contributed by atoms with Crippen LogP contribution in [0.15, 0.2) is 35.2 Å². The Morgan fingerprint density at radius 1 is 1.42 bits per heavy atom. The normalized spacial score (nSPS) is 24.0. The molecule has 0 spiro atoms. The molecule has 0 saturated carbocycles. The number of piperazine rings is 1. The molecule has 0 bridgehead atoms. The number of methoxy groups -OCH3 is 1. The number of nitrogens with zero attached hydrogens (tertiary/aromatic N) is 2. The van der Waals surface area contributed by atoms with Crippen LogP contribution in [0.2, 0.25) is 0 Å². The molecule has 0 aliphatic carbocycles. The van der Waals surface area contributed by atoms with Gasteiger partial charge in [0.05, 0.1) is 18.6 Å². The Morgan fingerprint density at radius 2 is 2.17 bits per heavy atom. The lowest BCUT2D eigenvalue weighted by Gasteiger charge is -2.31. The molecule has 24 heavy (non-hydrogen) atoms. The second kappa shape index (κ2) is 7.65. The quantitative estimate of drug-likeness (QED) is 0.651. The van der Waals surface area contributed by atoms with Crippen LogP contribution >= 0.6 is 24.0 Å². The third kappa shape index (κ3) is 3.80. The van der Waals surface area contributed by atoms with Crippen molar-refractivity contribution >= 4 is 34.2 Å². The topological polar surface area (TPSA) is 44.8 Å². The van der Waals surface area contributed by atoms with Crippen LogP contribution < -0.4 is 10.1 Å². The molecule has 1 unspecified atom stereocenters. The first-order valence-electron chi connectivity index (χ1n) is 7.88. The van der Waals surface area contributed by atoms with Crippen LogP contribution in [0.1, 0.15) is 5.56 Å². The van der Waals surface area contributed by atoms with Crippen molar-refractivity contribution < 1.29 is 9.53 Å². The average Bonchev–Trinajstić information content (AvgIpc) is 2.85. The summed E-state index contributed by atoms with van der Waals surface area (Å²) in [5.74, 6) is 0.802. The van der Waals surface area contributed by atoms with Crippen molar-refractivity contribution in [2.24, 2.45) is 0 Å². The van der Waals surface area contributed by atoms with Crippen molar-refractivity contribution in [3.8, 4) is 5.75 Å². The van der Waals surface area contributed by atoms with Crippen LogP contribution in [0.25, 0.3) is 0 Å². The van der Waals surface area contributed by atoms with E-state index in [1.54, 1.807) is 12.0 Å². The fourth-order valence-electron chi connectivity index (χ4n) is 2.75. The Balaban J connectivity index is 1.71. The maximum absolute atomic E-state index is 12.7. The van der Waals surface area contributed by atoms with E-state index >= 15 is 0 Å².